The van der Waals surface area contributed by atoms with Gasteiger partial charge >= 0.3 is 0 Å². The Morgan fingerprint density at radius 3 is 2.55 bits per heavy atom. The maximum atomic E-state index is 11.4. The van der Waals surface area contributed by atoms with Crippen molar-refractivity contribution in [3.8, 4) is 5.75 Å². The number of rotatable bonds is 4. The van der Waals surface area contributed by atoms with Crippen LogP contribution in [-0.4, -0.2) is 23.4 Å². The summed E-state index contributed by atoms with van der Waals surface area (Å²) in [7, 11) is 3.40. The predicted molar refractivity (Wildman–Crippen MR) is 74.3 cm³/mol. The van der Waals surface area contributed by atoms with Crippen LogP contribution < -0.4 is 4.74 Å². The first-order valence-electron chi connectivity index (χ1n) is 5.82. The van der Waals surface area contributed by atoms with Gasteiger partial charge < -0.3 is 4.74 Å². The quantitative estimate of drug-likeness (QED) is 0.806. The average Bonchev–Trinajstić information content (AvgIpc) is 2.75. The Hall–Kier alpha value is -1.60. The molecule has 2 rings (SSSR count). The van der Waals surface area contributed by atoms with Crippen LogP contribution in [0.25, 0.3) is 0 Å². The van der Waals surface area contributed by atoms with Gasteiger partial charge in [-0.15, -0.1) is 5.10 Å². The molecule has 0 saturated carbocycles. The first kappa shape index (κ1) is 14.8. The largest absolute Gasteiger partial charge is 0.487 e. The fourth-order valence-electron chi connectivity index (χ4n) is 1.80. The Morgan fingerprint density at radius 1 is 1.30 bits per heavy atom. The van der Waals surface area contributed by atoms with E-state index in [1.54, 1.807) is 37.8 Å². The van der Waals surface area contributed by atoms with Crippen LogP contribution in [0, 0.1) is 13.8 Å². The fraction of sp³-hybridized carbons (Fsp3) is 0.333. The van der Waals surface area contributed by atoms with Crippen LogP contribution in [0.5, 0.6) is 5.75 Å². The number of hydrogen-bond acceptors (Lipinski definition) is 5. The molecular weight excluding hydrogens is 302 g/mol. The SMILES string of the molecule is Cc1c(OCc2cn(C)nn2)ccc(S(=O)(=O)Cl)c1C. The Morgan fingerprint density at radius 2 is 2.00 bits per heavy atom. The molecule has 0 aliphatic carbocycles. The smallest absolute Gasteiger partial charge is 0.261 e. The lowest BCUT2D eigenvalue weighted by atomic mass is 10.1. The van der Waals surface area contributed by atoms with E-state index in [0.717, 1.165) is 5.56 Å². The van der Waals surface area contributed by atoms with Gasteiger partial charge in [-0.2, -0.15) is 0 Å². The second-order valence-electron chi connectivity index (χ2n) is 4.42. The van der Waals surface area contributed by atoms with Gasteiger partial charge in [-0.3, -0.25) is 4.68 Å². The van der Waals surface area contributed by atoms with Gasteiger partial charge in [0.1, 0.15) is 18.1 Å². The summed E-state index contributed by atoms with van der Waals surface area (Å²) in [6.45, 7) is 3.74. The van der Waals surface area contributed by atoms with Gasteiger partial charge in [0, 0.05) is 17.7 Å². The third kappa shape index (κ3) is 3.10. The molecule has 20 heavy (non-hydrogen) atoms. The van der Waals surface area contributed by atoms with Crippen LogP contribution in [0.4, 0.5) is 0 Å². The molecule has 0 aliphatic heterocycles. The van der Waals surface area contributed by atoms with Crippen LogP contribution >= 0.6 is 10.7 Å². The zero-order valence-electron chi connectivity index (χ0n) is 11.3. The van der Waals surface area contributed by atoms with Gasteiger partial charge in [0.25, 0.3) is 9.05 Å². The van der Waals surface area contributed by atoms with Crippen molar-refractivity contribution in [2.75, 3.05) is 0 Å². The van der Waals surface area contributed by atoms with E-state index in [1.807, 2.05) is 0 Å². The van der Waals surface area contributed by atoms with Crippen molar-refractivity contribution in [2.24, 2.45) is 7.05 Å². The summed E-state index contributed by atoms with van der Waals surface area (Å²) in [5.41, 5.74) is 2.01. The molecule has 0 fully saturated rings. The van der Waals surface area contributed by atoms with Crippen LogP contribution in [0.3, 0.4) is 0 Å². The molecule has 1 aromatic carbocycles. The molecule has 2 aromatic rings. The number of benzene rings is 1. The lowest BCUT2D eigenvalue weighted by Crippen LogP contribution is -2.02. The number of nitrogens with zero attached hydrogens (tertiary/aromatic N) is 3. The van der Waals surface area contributed by atoms with E-state index in [-0.39, 0.29) is 11.5 Å². The van der Waals surface area contributed by atoms with Crippen molar-refractivity contribution < 1.29 is 13.2 Å². The first-order valence-corrected chi connectivity index (χ1v) is 8.13. The van der Waals surface area contributed by atoms with E-state index in [9.17, 15) is 8.42 Å². The van der Waals surface area contributed by atoms with Crippen molar-refractivity contribution >= 4 is 19.7 Å². The van der Waals surface area contributed by atoms with Gasteiger partial charge in [-0.25, -0.2) is 8.42 Å². The molecule has 0 radical (unpaired) electrons. The Bertz CT molecular complexity index is 740. The lowest BCUT2D eigenvalue weighted by molar-refractivity contribution is 0.298. The molecule has 8 heteroatoms. The van der Waals surface area contributed by atoms with E-state index in [0.29, 0.717) is 17.0 Å². The number of ether oxygens (including phenoxy) is 1. The van der Waals surface area contributed by atoms with Crippen molar-refractivity contribution in [1.29, 1.82) is 0 Å². The number of halogens is 1. The summed E-state index contributed by atoms with van der Waals surface area (Å²) < 4.78 is 30.0. The third-order valence-corrected chi connectivity index (χ3v) is 4.44. The molecule has 0 spiro atoms. The standard InChI is InChI=1S/C12H14ClN3O3S/c1-8-9(2)12(20(13,17)18)5-4-11(8)19-7-10-6-16(3)15-14-10/h4-6H,7H2,1-3H3. The number of aromatic nitrogens is 3. The van der Waals surface area contributed by atoms with Crippen LogP contribution in [-0.2, 0) is 22.7 Å². The predicted octanol–water partition coefficient (Wildman–Crippen LogP) is 1.94. The van der Waals surface area contributed by atoms with Crippen LogP contribution in [0.1, 0.15) is 16.8 Å². The Kier molecular flexibility index (Phi) is 4.01. The van der Waals surface area contributed by atoms with Crippen molar-refractivity contribution in [2.45, 2.75) is 25.3 Å². The van der Waals surface area contributed by atoms with Gasteiger partial charge in [-0.1, -0.05) is 5.21 Å². The van der Waals surface area contributed by atoms with Crippen LogP contribution in [0.2, 0.25) is 0 Å². The van der Waals surface area contributed by atoms with E-state index in [4.69, 9.17) is 15.4 Å². The normalized spacial score (nSPS) is 11.6. The van der Waals surface area contributed by atoms with Crippen LogP contribution in [0.15, 0.2) is 23.2 Å². The van der Waals surface area contributed by atoms with Crippen molar-refractivity contribution in [3.63, 3.8) is 0 Å². The molecule has 0 N–H and O–H groups in total. The summed E-state index contributed by atoms with van der Waals surface area (Å²) in [4.78, 5) is 0.100. The average molecular weight is 316 g/mol. The zero-order valence-corrected chi connectivity index (χ0v) is 12.9. The third-order valence-electron chi connectivity index (χ3n) is 2.98. The molecule has 0 saturated heterocycles. The number of hydrogen-bond donors (Lipinski definition) is 0. The van der Waals surface area contributed by atoms with Gasteiger partial charge in [0.05, 0.1) is 11.1 Å². The summed E-state index contributed by atoms with van der Waals surface area (Å²) in [5, 5.41) is 7.72. The fourth-order valence-corrected chi connectivity index (χ4v) is 3.06. The van der Waals surface area contributed by atoms with Gasteiger partial charge in [0.15, 0.2) is 0 Å². The second-order valence-corrected chi connectivity index (χ2v) is 6.96. The van der Waals surface area contributed by atoms with E-state index < -0.39 is 9.05 Å². The molecule has 0 unspecified atom stereocenters. The highest BCUT2D eigenvalue weighted by Crippen LogP contribution is 2.29. The highest BCUT2D eigenvalue weighted by atomic mass is 35.7. The molecular formula is C12H14ClN3O3S. The van der Waals surface area contributed by atoms with Gasteiger partial charge in [0.2, 0.25) is 0 Å². The summed E-state index contributed by atoms with van der Waals surface area (Å²) >= 11 is 0. The van der Waals surface area contributed by atoms with E-state index in [1.165, 1.54) is 6.07 Å². The second kappa shape index (κ2) is 5.41. The molecule has 0 bridgehead atoms. The molecule has 1 heterocycles. The van der Waals surface area contributed by atoms with Gasteiger partial charge in [-0.05, 0) is 37.1 Å². The Labute approximate surface area is 121 Å². The Balaban J connectivity index is 2.24. The molecule has 108 valence electrons. The highest BCUT2D eigenvalue weighted by Gasteiger charge is 2.17. The first-order chi connectivity index (χ1) is 9.29. The van der Waals surface area contributed by atoms with E-state index >= 15 is 0 Å². The summed E-state index contributed by atoms with van der Waals surface area (Å²) in [6, 6.07) is 3.03. The summed E-state index contributed by atoms with van der Waals surface area (Å²) in [6.07, 6.45) is 1.75. The molecule has 0 amide bonds. The topological polar surface area (TPSA) is 74.1 Å². The highest BCUT2D eigenvalue weighted by molar-refractivity contribution is 8.13. The summed E-state index contributed by atoms with van der Waals surface area (Å²) in [5.74, 6) is 0.595. The molecule has 0 aliphatic rings. The minimum Gasteiger partial charge on any atom is -0.487 e. The minimum atomic E-state index is -3.75. The van der Waals surface area contributed by atoms with E-state index in [2.05, 4.69) is 10.3 Å². The van der Waals surface area contributed by atoms with Crippen molar-refractivity contribution in [3.05, 3.63) is 35.2 Å². The molecule has 1 aromatic heterocycles. The molecule has 0 atom stereocenters. The monoisotopic (exact) mass is 315 g/mol. The molecule has 6 nitrogen and oxygen atoms in total. The maximum Gasteiger partial charge on any atom is 0.261 e. The lowest BCUT2D eigenvalue weighted by Gasteiger charge is -2.12. The zero-order chi connectivity index (χ0) is 14.9. The minimum absolute atomic E-state index is 0.100. The van der Waals surface area contributed by atoms with Crippen molar-refractivity contribution in [1.82, 2.24) is 15.0 Å². The number of aryl methyl sites for hydroxylation is 1. The maximum absolute atomic E-state index is 11.4.